The van der Waals surface area contributed by atoms with E-state index >= 15 is 0 Å². The molecule has 0 spiro atoms. The predicted molar refractivity (Wildman–Crippen MR) is 27.1 cm³/mol. The van der Waals surface area contributed by atoms with Crippen molar-refractivity contribution in [3.8, 4) is 0 Å². The van der Waals surface area contributed by atoms with Gasteiger partial charge in [-0.05, 0) is 12.1 Å². The van der Waals surface area contributed by atoms with E-state index in [0.29, 0.717) is 0 Å². The third-order valence-electron chi connectivity index (χ3n) is 0.425. The predicted octanol–water partition coefficient (Wildman–Crippen LogP) is 0.0984. The molecule has 1 rings (SSSR count). The van der Waals surface area contributed by atoms with E-state index in [1.165, 1.54) is 0 Å². The highest BCUT2D eigenvalue weighted by Crippen LogP contribution is 1.79. The number of furan rings is 1. The molecule has 3 heteroatoms. The third-order valence-corrected chi connectivity index (χ3v) is 0.425. The van der Waals surface area contributed by atoms with Crippen molar-refractivity contribution in [2.45, 2.75) is 0 Å². The van der Waals surface area contributed by atoms with E-state index in [0.717, 1.165) is 0 Å². The van der Waals surface area contributed by atoms with E-state index in [1.54, 1.807) is 12.5 Å². The summed E-state index contributed by atoms with van der Waals surface area (Å²) in [6.07, 6.45) is 3.25. The first kappa shape index (κ1) is 6.20. The molecule has 0 unspecified atom stereocenters. The number of hydrazine groups is 1. The maximum Gasteiger partial charge on any atom is 0.0902 e. The molecule has 0 saturated heterocycles. The fraction of sp³-hybridized carbons (Fsp3) is 0. The first-order valence-corrected chi connectivity index (χ1v) is 1.80. The van der Waals surface area contributed by atoms with Crippen LogP contribution in [0, 0.1) is 0 Å². The highest BCUT2D eigenvalue weighted by molar-refractivity contribution is 4.79. The van der Waals surface area contributed by atoms with E-state index in [9.17, 15) is 0 Å². The smallest absolute Gasteiger partial charge is 0.0902 e. The summed E-state index contributed by atoms with van der Waals surface area (Å²) in [4.78, 5) is 0. The second-order valence-corrected chi connectivity index (χ2v) is 0.793. The van der Waals surface area contributed by atoms with Crippen LogP contribution in [0.2, 0.25) is 0 Å². The minimum atomic E-state index is 1.62. The summed E-state index contributed by atoms with van der Waals surface area (Å²) in [5.41, 5.74) is 0. The van der Waals surface area contributed by atoms with Gasteiger partial charge >= 0.3 is 0 Å². The second-order valence-electron chi connectivity index (χ2n) is 0.793. The number of hydrogen-bond donors (Lipinski definition) is 2. The standard InChI is InChI=1S/C4H4O.H4N2/c1-2-4-5-3-1;1-2/h1-4H;1-2H2. The van der Waals surface area contributed by atoms with Gasteiger partial charge in [0.25, 0.3) is 0 Å². The van der Waals surface area contributed by atoms with Gasteiger partial charge in [-0.1, -0.05) is 0 Å². The Bertz CT molecular complexity index is 66.2. The molecule has 0 saturated carbocycles. The van der Waals surface area contributed by atoms with Gasteiger partial charge in [-0.15, -0.1) is 0 Å². The van der Waals surface area contributed by atoms with Crippen LogP contribution in [0.4, 0.5) is 0 Å². The first-order chi connectivity index (χ1) is 3.50. The monoisotopic (exact) mass is 100 g/mol. The van der Waals surface area contributed by atoms with E-state index in [1.807, 2.05) is 12.1 Å². The van der Waals surface area contributed by atoms with Crippen LogP contribution in [0.15, 0.2) is 29.1 Å². The topological polar surface area (TPSA) is 65.2 Å². The maximum atomic E-state index is 4.58. The van der Waals surface area contributed by atoms with Gasteiger partial charge in [0.1, 0.15) is 0 Å². The lowest BCUT2D eigenvalue weighted by Gasteiger charge is -1.50. The largest absolute Gasteiger partial charge is 0.473 e. The summed E-state index contributed by atoms with van der Waals surface area (Å²) < 4.78 is 4.58. The van der Waals surface area contributed by atoms with Crippen LogP contribution in [0.5, 0.6) is 0 Å². The molecule has 0 aliphatic carbocycles. The van der Waals surface area contributed by atoms with Gasteiger partial charge in [0.05, 0.1) is 12.5 Å². The lowest BCUT2D eigenvalue weighted by Crippen LogP contribution is -2.02. The van der Waals surface area contributed by atoms with E-state index in [4.69, 9.17) is 0 Å². The van der Waals surface area contributed by atoms with Gasteiger partial charge in [0.15, 0.2) is 0 Å². The lowest BCUT2D eigenvalue weighted by atomic mass is 10.7. The molecule has 0 amide bonds. The normalized spacial score (nSPS) is 6.57. The Balaban J connectivity index is 0.000000162. The number of hydrogen-bond acceptors (Lipinski definition) is 3. The molecule has 1 aromatic heterocycles. The summed E-state index contributed by atoms with van der Waals surface area (Å²) in [7, 11) is 0. The molecule has 7 heavy (non-hydrogen) atoms. The Morgan fingerprint density at radius 2 is 1.43 bits per heavy atom. The van der Waals surface area contributed by atoms with Crippen LogP contribution >= 0.6 is 0 Å². The first-order valence-electron chi connectivity index (χ1n) is 1.80. The molecular weight excluding hydrogens is 92.1 g/mol. The van der Waals surface area contributed by atoms with Gasteiger partial charge in [0, 0.05) is 0 Å². The molecule has 0 aliphatic heterocycles. The van der Waals surface area contributed by atoms with Crippen LogP contribution in [0.1, 0.15) is 0 Å². The summed E-state index contributed by atoms with van der Waals surface area (Å²) in [5.74, 6) is 8.00. The van der Waals surface area contributed by atoms with E-state index in [2.05, 4.69) is 16.1 Å². The van der Waals surface area contributed by atoms with Crippen molar-refractivity contribution in [2.75, 3.05) is 0 Å². The molecule has 0 aromatic carbocycles. The van der Waals surface area contributed by atoms with Crippen LogP contribution < -0.4 is 11.7 Å². The Hall–Kier alpha value is -0.800. The molecule has 1 aromatic rings. The van der Waals surface area contributed by atoms with Crippen LogP contribution in [0.3, 0.4) is 0 Å². The third kappa shape index (κ3) is 3.02. The summed E-state index contributed by atoms with van der Waals surface area (Å²) in [6.45, 7) is 0. The van der Waals surface area contributed by atoms with Gasteiger partial charge in [0.2, 0.25) is 0 Å². The van der Waals surface area contributed by atoms with Gasteiger partial charge in [-0.2, -0.15) is 0 Å². The molecule has 1 heterocycles. The highest BCUT2D eigenvalue weighted by atomic mass is 16.3. The molecule has 0 atom stereocenters. The van der Waals surface area contributed by atoms with Crippen molar-refractivity contribution in [2.24, 2.45) is 11.7 Å². The van der Waals surface area contributed by atoms with Crippen molar-refractivity contribution in [1.29, 1.82) is 0 Å². The van der Waals surface area contributed by atoms with Crippen molar-refractivity contribution < 1.29 is 4.42 Å². The molecule has 0 radical (unpaired) electrons. The molecule has 0 bridgehead atoms. The SMILES string of the molecule is NN.c1ccoc1. The fourth-order valence-electron chi connectivity index (χ4n) is 0.227. The molecule has 40 valence electrons. The molecule has 0 aliphatic rings. The van der Waals surface area contributed by atoms with Gasteiger partial charge in [-0.3, -0.25) is 11.7 Å². The summed E-state index contributed by atoms with van der Waals surface area (Å²) in [6, 6.07) is 3.67. The minimum Gasteiger partial charge on any atom is -0.473 e. The van der Waals surface area contributed by atoms with Crippen molar-refractivity contribution in [1.82, 2.24) is 0 Å². The Kier molecular flexibility index (Phi) is 4.61. The highest BCUT2D eigenvalue weighted by Gasteiger charge is 1.58. The van der Waals surface area contributed by atoms with E-state index < -0.39 is 0 Å². The molecule has 0 fully saturated rings. The molecular formula is C4H8N2O. The zero-order valence-electron chi connectivity index (χ0n) is 3.87. The molecule has 3 nitrogen and oxygen atoms in total. The van der Waals surface area contributed by atoms with Crippen molar-refractivity contribution in [3.63, 3.8) is 0 Å². The Labute approximate surface area is 41.9 Å². The zero-order valence-corrected chi connectivity index (χ0v) is 3.87. The van der Waals surface area contributed by atoms with Crippen molar-refractivity contribution >= 4 is 0 Å². The zero-order chi connectivity index (χ0) is 5.54. The van der Waals surface area contributed by atoms with E-state index in [-0.39, 0.29) is 0 Å². The van der Waals surface area contributed by atoms with Gasteiger partial charge in [-0.25, -0.2) is 0 Å². The number of nitrogens with two attached hydrogens (primary N) is 2. The van der Waals surface area contributed by atoms with Crippen molar-refractivity contribution in [3.05, 3.63) is 24.7 Å². The Morgan fingerprint density at radius 3 is 1.57 bits per heavy atom. The average molecular weight is 100 g/mol. The second kappa shape index (κ2) is 5.20. The van der Waals surface area contributed by atoms with Crippen LogP contribution in [0.25, 0.3) is 0 Å². The minimum absolute atomic E-state index is 1.62. The lowest BCUT2D eigenvalue weighted by molar-refractivity contribution is 0.567. The maximum absolute atomic E-state index is 4.58. The van der Waals surface area contributed by atoms with Gasteiger partial charge < -0.3 is 4.42 Å². The van der Waals surface area contributed by atoms with Crippen LogP contribution in [-0.2, 0) is 0 Å². The summed E-state index contributed by atoms with van der Waals surface area (Å²) >= 11 is 0. The van der Waals surface area contributed by atoms with Crippen LogP contribution in [-0.4, -0.2) is 0 Å². The molecule has 4 N–H and O–H groups in total. The average Bonchev–Trinajstić information content (AvgIpc) is 2.23. The quantitative estimate of drug-likeness (QED) is 0.359. The fourth-order valence-corrected chi connectivity index (χ4v) is 0.227. The summed E-state index contributed by atoms with van der Waals surface area (Å²) in [5, 5.41) is 0. The Morgan fingerprint density at radius 1 is 1.00 bits per heavy atom. The number of rotatable bonds is 0.